The van der Waals surface area contributed by atoms with Gasteiger partial charge in [-0.1, -0.05) is 188 Å². The predicted molar refractivity (Wildman–Crippen MR) is 251 cm³/mol. The van der Waals surface area contributed by atoms with E-state index in [0.29, 0.717) is 38.7 Å². The van der Waals surface area contributed by atoms with Gasteiger partial charge >= 0.3 is 29.8 Å². The van der Waals surface area contributed by atoms with Crippen LogP contribution in [0.4, 0.5) is 0 Å². The molecule has 4 atom stereocenters. The predicted octanol–water partition coefficient (Wildman–Crippen LogP) is 14.7. The van der Waals surface area contributed by atoms with E-state index in [1.807, 2.05) is 0 Å². The summed E-state index contributed by atoms with van der Waals surface area (Å²) in [6, 6.07) is 0. The zero-order valence-electron chi connectivity index (χ0n) is 40.5. The molecule has 0 bridgehead atoms. The molecule has 0 aliphatic rings. The van der Waals surface area contributed by atoms with Gasteiger partial charge in [0.05, 0.1) is 6.61 Å². The largest absolute Gasteiger partial charge is 0.481 e. The lowest BCUT2D eigenvalue weighted by Crippen LogP contribution is -2.35. The molecule has 0 aromatic carbocycles. The van der Waals surface area contributed by atoms with Crippen LogP contribution in [0, 0.1) is 11.8 Å². The number of carbonyl (C=O) groups is 5. The number of unbranched alkanes of at least 4 members (excludes halogenated alkanes) is 23. The summed E-state index contributed by atoms with van der Waals surface area (Å²) in [5.41, 5.74) is 0. The second-order valence-corrected chi connectivity index (χ2v) is 18.1. The van der Waals surface area contributed by atoms with E-state index in [9.17, 15) is 34.2 Å². The van der Waals surface area contributed by atoms with Crippen molar-refractivity contribution in [2.24, 2.45) is 11.8 Å². The lowest BCUT2D eigenvalue weighted by molar-refractivity contribution is -0.169. The number of ether oxygens (including phenoxy) is 3. The van der Waals surface area contributed by atoms with Crippen molar-refractivity contribution in [3.63, 3.8) is 0 Å². The molecule has 2 N–H and O–H groups in total. The number of carbonyl (C=O) groups excluding carboxylic acids is 3. The van der Waals surface area contributed by atoms with Gasteiger partial charge in [0.25, 0.3) is 0 Å². The summed E-state index contributed by atoms with van der Waals surface area (Å²) in [5.74, 6) is -1.62. The summed E-state index contributed by atoms with van der Waals surface area (Å²) in [6.07, 6.45) is 35.4. The van der Waals surface area contributed by atoms with Crippen molar-refractivity contribution in [2.45, 2.75) is 284 Å². The Hall–Kier alpha value is -2.65. The Morgan fingerprint density at radius 2 is 0.677 bits per heavy atom. The molecular weight excluding hydrogens is 785 g/mol. The molecule has 62 heavy (non-hydrogen) atoms. The molecule has 0 aromatic heterocycles. The molecule has 10 heteroatoms. The minimum atomic E-state index is -0.782. The quantitative estimate of drug-likeness (QED) is 0.0343. The van der Waals surface area contributed by atoms with E-state index in [4.69, 9.17) is 14.2 Å². The summed E-state index contributed by atoms with van der Waals surface area (Å²) >= 11 is 0. The molecule has 10 nitrogen and oxygen atoms in total. The number of carboxylic acid groups (broad SMARTS) is 2. The molecule has 0 fully saturated rings. The van der Waals surface area contributed by atoms with E-state index in [1.54, 1.807) is 13.8 Å². The Kier molecular flexibility index (Phi) is 41.7. The average Bonchev–Trinajstić information content (AvgIpc) is 3.25. The van der Waals surface area contributed by atoms with Crippen LogP contribution in [0.3, 0.4) is 0 Å². The Bertz CT molecular complexity index is 1090. The minimum Gasteiger partial charge on any atom is -0.481 e. The van der Waals surface area contributed by atoms with Gasteiger partial charge in [0.15, 0.2) is 0 Å². The van der Waals surface area contributed by atoms with Crippen LogP contribution in [0.1, 0.15) is 272 Å². The molecule has 0 radical (unpaired) electrons. The van der Waals surface area contributed by atoms with Gasteiger partial charge in [0, 0.05) is 32.1 Å². The first-order chi connectivity index (χ1) is 30.1. The summed E-state index contributed by atoms with van der Waals surface area (Å²) in [5, 5.41) is 18.7. The normalized spacial score (nSPS) is 13.3. The Balaban J connectivity index is 4.21. The van der Waals surface area contributed by atoms with Gasteiger partial charge in [-0.05, 0) is 63.2 Å². The Labute approximate surface area is 379 Å². The maximum absolute atomic E-state index is 12.3. The smallest absolute Gasteiger partial charge is 0.305 e. The molecule has 364 valence electrons. The van der Waals surface area contributed by atoms with Gasteiger partial charge in [-0.2, -0.15) is 0 Å². The first kappa shape index (κ1) is 59.4. The van der Waals surface area contributed by atoms with Gasteiger partial charge in [-0.15, -0.1) is 0 Å². The Morgan fingerprint density at radius 3 is 1.03 bits per heavy atom. The molecule has 4 unspecified atom stereocenters. The van der Waals surface area contributed by atoms with Crippen LogP contribution in [-0.2, 0) is 38.2 Å². The van der Waals surface area contributed by atoms with E-state index in [1.165, 1.54) is 77.0 Å². The van der Waals surface area contributed by atoms with Crippen molar-refractivity contribution >= 4 is 29.8 Å². The van der Waals surface area contributed by atoms with Crippen LogP contribution in [0.5, 0.6) is 0 Å². The molecule has 0 aliphatic heterocycles. The van der Waals surface area contributed by atoms with Gasteiger partial charge < -0.3 is 24.4 Å². The molecular formula is C52H96O10. The standard InChI is InChI=1S/C52H96O10/c1-5-9-11-13-22-28-34-44(39-41-48(53)54)45(40-42-49(55)56)35-29-23-21-26-32-38-52(59)60-43-33-27-20-18-16-15-17-19-25-31-37-47(62-51(58)8-4)46(61-50(57)7-3)36-30-24-14-12-10-6-2/h44-47H,5-43H2,1-4H3,(H,53,54)(H,55,56). The first-order valence-electron chi connectivity index (χ1n) is 26.1. The zero-order chi connectivity index (χ0) is 45.9. The van der Waals surface area contributed by atoms with Crippen molar-refractivity contribution in [2.75, 3.05) is 6.61 Å². The lowest BCUT2D eigenvalue weighted by Gasteiger charge is -2.27. The first-order valence-corrected chi connectivity index (χ1v) is 26.1. The summed E-state index contributed by atoms with van der Waals surface area (Å²) in [4.78, 5) is 59.6. The van der Waals surface area contributed by atoms with Gasteiger partial charge in [0.1, 0.15) is 12.2 Å². The van der Waals surface area contributed by atoms with E-state index in [0.717, 1.165) is 122 Å². The van der Waals surface area contributed by atoms with Crippen molar-refractivity contribution in [3.05, 3.63) is 0 Å². The number of carboxylic acids is 2. The van der Waals surface area contributed by atoms with E-state index in [-0.39, 0.29) is 54.8 Å². The van der Waals surface area contributed by atoms with Crippen molar-refractivity contribution in [3.8, 4) is 0 Å². The highest BCUT2D eigenvalue weighted by Gasteiger charge is 2.28. The molecule has 0 aromatic rings. The molecule has 0 rings (SSSR count). The highest BCUT2D eigenvalue weighted by Crippen LogP contribution is 2.32. The third-order valence-electron chi connectivity index (χ3n) is 12.6. The third kappa shape index (κ3) is 37.9. The van der Waals surface area contributed by atoms with Crippen molar-refractivity contribution < 1.29 is 48.4 Å². The minimum absolute atomic E-state index is 0.111. The number of hydrogen-bond donors (Lipinski definition) is 2. The fraction of sp³-hybridized carbons (Fsp3) is 0.904. The summed E-state index contributed by atoms with van der Waals surface area (Å²) < 4.78 is 17.1. The molecule has 0 spiro atoms. The summed E-state index contributed by atoms with van der Waals surface area (Å²) in [7, 11) is 0. The zero-order valence-corrected chi connectivity index (χ0v) is 40.5. The topological polar surface area (TPSA) is 154 Å². The number of esters is 3. The van der Waals surface area contributed by atoms with E-state index in [2.05, 4.69) is 13.8 Å². The highest BCUT2D eigenvalue weighted by molar-refractivity contribution is 5.70. The van der Waals surface area contributed by atoms with Gasteiger partial charge in [-0.3, -0.25) is 24.0 Å². The maximum atomic E-state index is 12.3. The van der Waals surface area contributed by atoms with Gasteiger partial charge in [0.2, 0.25) is 0 Å². The number of rotatable bonds is 47. The SMILES string of the molecule is CCCCCCCCC(CCC(=O)O)C(CCCCCCCC(=O)OCCCCCCCCCCCCC(OC(=O)CC)C(CCCCCCCC)OC(=O)CC)CCC(=O)O. The van der Waals surface area contributed by atoms with Crippen molar-refractivity contribution in [1.29, 1.82) is 0 Å². The van der Waals surface area contributed by atoms with Crippen LogP contribution >= 0.6 is 0 Å². The van der Waals surface area contributed by atoms with Crippen LogP contribution in [0.25, 0.3) is 0 Å². The third-order valence-corrected chi connectivity index (χ3v) is 12.6. The summed E-state index contributed by atoms with van der Waals surface area (Å²) in [6.45, 7) is 8.51. The van der Waals surface area contributed by atoms with Crippen LogP contribution in [0.15, 0.2) is 0 Å². The molecule has 0 aliphatic carbocycles. The number of hydrogen-bond acceptors (Lipinski definition) is 8. The fourth-order valence-corrected chi connectivity index (χ4v) is 8.63. The van der Waals surface area contributed by atoms with Crippen LogP contribution < -0.4 is 0 Å². The van der Waals surface area contributed by atoms with Crippen molar-refractivity contribution in [1.82, 2.24) is 0 Å². The van der Waals surface area contributed by atoms with Crippen LogP contribution in [-0.4, -0.2) is 58.9 Å². The lowest BCUT2D eigenvalue weighted by atomic mass is 9.78. The average molecular weight is 881 g/mol. The molecule has 0 saturated heterocycles. The fourth-order valence-electron chi connectivity index (χ4n) is 8.63. The molecule has 0 saturated carbocycles. The monoisotopic (exact) mass is 881 g/mol. The maximum Gasteiger partial charge on any atom is 0.305 e. The highest BCUT2D eigenvalue weighted by atomic mass is 16.6. The van der Waals surface area contributed by atoms with Crippen LogP contribution in [0.2, 0.25) is 0 Å². The van der Waals surface area contributed by atoms with Gasteiger partial charge in [-0.25, -0.2) is 0 Å². The van der Waals surface area contributed by atoms with E-state index >= 15 is 0 Å². The Morgan fingerprint density at radius 1 is 0.355 bits per heavy atom. The number of aliphatic carboxylic acids is 2. The molecule has 0 amide bonds. The second-order valence-electron chi connectivity index (χ2n) is 18.1. The van der Waals surface area contributed by atoms with E-state index < -0.39 is 11.9 Å². The molecule has 0 heterocycles. The second kappa shape index (κ2) is 43.6.